The van der Waals surface area contributed by atoms with E-state index in [1.165, 1.54) is 0 Å². The van der Waals surface area contributed by atoms with Gasteiger partial charge < -0.3 is 0 Å². The largest absolute Gasteiger partial charge is 0.191 e. The molecule has 0 saturated carbocycles. The molecule has 0 bridgehead atoms. The quantitative estimate of drug-likeness (QED) is 0.381. The van der Waals surface area contributed by atoms with Crippen LogP contribution in [0.25, 0.3) is 0 Å². The first-order valence-corrected chi connectivity index (χ1v) is 10.5. The Morgan fingerprint density at radius 3 is 1.08 bits per heavy atom. The highest BCUT2D eigenvalue weighted by molar-refractivity contribution is 6.68. The monoisotopic (exact) mass is 470 g/mol. The van der Waals surface area contributed by atoms with Crippen molar-refractivity contribution in [2.45, 2.75) is 46.1 Å². The molecule has 0 spiro atoms. The van der Waals surface area contributed by atoms with Crippen molar-refractivity contribution in [2.24, 2.45) is 0 Å². The number of alkyl halides is 6. The molecular formula is C20H20Cl6. The SMILES string of the molecule is Cc1ccc(C(CC(Cl)(Cl)Cl)C(CC(Cl)(Cl)Cl)c2ccc(C)cc2)cc1. The van der Waals surface area contributed by atoms with Crippen LogP contribution in [0.15, 0.2) is 48.5 Å². The average molecular weight is 473 g/mol. The van der Waals surface area contributed by atoms with E-state index in [0.29, 0.717) is 12.8 Å². The Labute approximate surface area is 185 Å². The Hall–Kier alpha value is 0.180. The third-order valence-corrected chi connectivity index (χ3v) is 5.33. The Morgan fingerprint density at radius 1 is 0.577 bits per heavy atom. The van der Waals surface area contributed by atoms with Gasteiger partial charge in [-0.1, -0.05) is 129 Å². The third kappa shape index (κ3) is 7.30. The van der Waals surface area contributed by atoms with Gasteiger partial charge in [-0.2, -0.15) is 0 Å². The van der Waals surface area contributed by atoms with Crippen molar-refractivity contribution in [3.8, 4) is 0 Å². The fourth-order valence-electron chi connectivity index (χ4n) is 3.11. The molecule has 2 unspecified atom stereocenters. The van der Waals surface area contributed by atoms with E-state index >= 15 is 0 Å². The van der Waals surface area contributed by atoms with Gasteiger partial charge in [-0.05, 0) is 36.8 Å². The van der Waals surface area contributed by atoms with Crippen molar-refractivity contribution in [3.63, 3.8) is 0 Å². The molecule has 0 saturated heterocycles. The highest BCUT2D eigenvalue weighted by Crippen LogP contribution is 2.49. The van der Waals surface area contributed by atoms with Gasteiger partial charge in [0.2, 0.25) is 0 Å². The molecule has 0 fully saturated rings. The molecule has 0 amide bonds. The molecule has 0 aliphatic rings. The zero-order valence-corrected chi connectivity index (χ0v) is 19.0. The molecule has 6 heteroatoms. The molecule has 2 aromatic carbocycles. The van der Waals surface area contributed by atoms with Crippen LogP contribution in [0, 0.1) is 13.8 Å². The van der Waals surface area contributed by atoms with Crippen molar-refractivity contribution in [1.29, 1.82) is 0 Å². The summed E-state index contributed by atoms with van der Waals surface area (Å²) in [5, 5.41) is 0. The molecule has 26 heavy (non-hydrogen) atoms. The van der Waals surface area contributed by atoms with E-state index in [1.54, 1.807) is 0 Å². The first kappa shape index (κ1) is 22.5. The van der Waals surface area contributed by atoms with E-state index in [0.717, 1.165) is 22.3 Å². The van der Waals surface area contributed by atoms with Gasteiger partial charge in [0.25, 0.3) is 0 Å². The minimum atomic E-state index is -1.41. The fourth-order valence-corrected chi connectivity index (χ4v) is 4.11. The van der Waals surface area contributed by atoms with E-state index in [9.17, 15) is 0 Å². The zero-order chi connectivity index (χ0) is 19.5. The van der Waals surface area contributed by atoms with Gasteiger partial charge in [0.15, 0.2) is 7.59 Å². The Morgan fingerprint density at radius 2 is 0.846 bits per heavy atom. The molecule has 2 aromatic rings. The number of rotatable bonds is 5. The maximum Gasteiger partial charge on any atom is 0.191 e. The van der Waals surface area contributed by atoms with Gasteiger partial charge in [-0.15, -0.1) is 0 Å². The van der Waals surface area contributed by atoms with E-state index in [1.807, 2.05) is 38.1 Å². The highest BCUT2D eigenvalue weighted by Gasteiger charge is 2.37. The predicted octanol–water partition coefficient (Wildman–Crippen LogP) is 8.69. The van der Waals surface area contributed by atoms with E-state index in [2.05, 4.69) is 24.3 Å². The summed E-state index contributed by atoms with van der Waals surface area (Å²) in [7, 11) is 0. The number of halogens is 6. The summed E-state index contributed by atoms with van der Waals surface area (Å²) in [6.07, 6.45) is 0.639. The lowest BCUT2D eigenvalue weighted by molar-refractivity contribution is 0.484. The average Bonchev–Trinajstić information content (AvgIpc) is 2.51. The van der Waals surface area contributed by atoms with Crippen LogP contribution < -0.4 is 0 Å². The smallest absolute Gasteiger partial charge is 0.0837 e. The molecule has 2 atom stereocenters. The van der Waals surface area contributed by atoms with Crippen LogP contribution in [0.3, 0.4) is 0 Å². The topological polar surface area (TPSA) is 0 Å². The second kappa shape index (κ2) is 9.12. The fraction of sp³-hybridized carbons (Fsp3) is 0.400. The van der Waals surface area contributed by atoms with Crippen LogP contribution in [-0.2, 0) is 0 Å². The molecule has 0 aromatic heterocycles. The zero-order valence-electron chi connectivity index (χ0n) is 14.5. The molecule has 142 valence electrons. The van der Waals surface area contributed by atoms with Crippen molar-refractivity contribution in [3.05, 3.63) is 70.8 Å². The van der Waals surface area contributed by atoms with Crippen molar-refractivity contribution >= 4 is 69.6 Å². The van der Waals surface area contributed by atoms with Gasteiger partial charge in [0.1, 0.15) is 0 Å². The van der Waals surface area contributed by atoms with Crippen molar-refractivity contribution in [1.82, 2.24) is 0 Å². The van der Waals surface area contributed by atoms with E-state index < -0.39 is 7.59 Å². The molecule has 0 heterocycles. The van der Waals surface area contributed by atoms with Crippen LogP contribution in [0.5, 0.6) is 0 Å². The van der Waals surface area contributed by atoms with Gasteiger partial charge in [-0.25, -0.2) is 0 Å². The summed E-state index contributed by atoms with van der Waals surface area (Å²) < 4.78 is -2.82. The van der Waals surface area contributed by atoms with Crippen LogP contribution in [0.2, 0.25) is 0 Å². The summed E-state index contributed by atoms with van der Waals surface area (Å²) in [5.74, 6) is -0.220. The van der Waals surface area contributed by atoms with Gasteiger partial charge in [0.05, 0.1) is 0 Å². The Balaban J connectivity index is 2.51. The van der Waals surface area contributed by atoms with Crippen molar-refractivity contribution in [2.75, 3.05) is 0 Å². The molecule has 2 rings (SSSR count). The van der Waals surface area contributed by atoms with Crippen LogP contribution >= 0.6 is 69.6 Å². The van der Waals surface area contributed by atoms with Gasteiger partial charge in [-0.3, -0.25) is 0 Å². The Bertz CT molecular complexity index is 632. The normalized spacial score (nSPS) is 14.9. The molecule has 0 nitrogen and oxygen atoms in total. The minimum absolute atomic E-state index is 0.110. The first-order chi connectivity index (χ1) is 11.9. The maximum absolute atomic E-state index is 6.17. The second-order valence-corrected chi connectivity index (χ2v) is 11.7. The molecular weight excluding hydrogens is 453 g/mol. The van der Waals surface area contributed by atoms with Crippen LogP contribution in [0.4, 0.5) is 0 Å². The number of benzene rings is 2. The summed E-state index contributed by atoms with van der Waals surface area (Å²) in [6, 6.07) is 16.4. The molecule has 0 aliphatic carbocycles. The van der Waals surface area contributed by atoms with E-state index in [-0.39, 0.29) is 11.8 Å². The third-order valence-electron chi connectivity index (χ3n) is 4.40. The lowest BCUT2D eigenvalue weighted by atomic mass is 9.78. The molecule has 0 aliphatic heterocycles. The van der Waals surface area contributed by atoms with Gasteiger partial charge >= 0.3 is 0 Å². The first-order valence-electron chi connectivity index (χ1n) is 8.21. The van der Waals surface area contributed by atoms with Crippen molar-refractivity contribution < 1.29 is 0 Å². The highest BCUT2D eigenvalue weighted by atomic mass is 35.6. The van der Waals surface area contributed by atoms with Crippen LogP contribution in [0.1, 0.15) is 46.9 Å². The minimum Gasteiger partial charge on any atom is -0.0837 e. The number of hydrogen-bond acceptors (Lipinski definition) is 0. The number of hydrogen-bond donors (Lipinski definition) is 0. The van der Waals surface area contributed by atoms with Gasteiger partial charge in [0, 0.05) is 12.8 Å². The summed E-state index contributed by atoms with van der Waals surface area (Å²) >= 11 is 37.0. The summed E-state index contributed by atoms with van der Waals surface area (Å²) in [5.41, 5.74) is 4.44. The van der Waals surface area contributed by atoms with Crippen LogP contribution in [-0.4, -0.2) is 7.59 Å². The molecule has 0 radical (unpaired) electrons. The molecule has 0 N–H and O–H groups in total. The standard InChI is InChI=1S/C20H20Cl6/c1-13-3-7-15(8-4-13)17(11-19(21,22)23)18(12-20(24,25)26)16-9-5-14(2)6-10-16/h3-10,17-18H,11-12H2,1-2H3. The predicted molar refractivity (Wildman–Crippen MR) is 118 cm³/mol. The summed E-state index contributed by atoms with van der Waals surface area (Å²) in [6.45, 7) is 4.07. The lowest BCUT2D eigenvalue weighted by Gasteiger charge is -2.32. The lowest BCUT2D eigenvalue weighted by Crippen LogP contribution is -2.22. The second-order valence-electron chi connectivity index (χ2n) is 6.67. The maximum atomic E-state index is 6.17. The summed E-state index contributed by atoms with van der Waals surface area (Å²) in [4.78, 5) is 0. The van der Waals surface area contributed by atoms with E-state index in [4.69, 9.17) is 69.6 Å². The number of aryl methyl sites for hydroxylation is 2. The Kier molecular flexibility index (Phi) is 7.88.